The number of benzene rings is 3. The highest BCUT2D eigenvalue weighted by molar-refractivity contribution is 7.16. The summed E-state index contributed by atoms with van der Waals surface area (Å²) in [5, 5.41) is 1.99. The molecule has 0 spiro atoms. The summed E-state index contributed by atoms with van der Waals surface area (Å²) >= 11 is 1.47. The molecule has 28 heavy (non-hydrogen) atoms. The fourth-order valence-corrected chi connectivity index (χ4v) is 4.45. The maximum Gasteiger partial charge on any atom is 0.283 e. The van der Waals surface area contributed by atoms with Crippen molar-refractivity contribution in [1.29, 1.82) is 0 Å². The summed E-state index contributed by atoms with van der Waals surface area (Å²) < 4.78 is 14.0. The van der Waals surface area contributed by atoms with Gasteiger partial charge in [-0.25, -0.2) is 0 Å². The highest BCUT2D eigenvalue weighted by Gasteiger charge is 2.15. The average Bonchev–Trinajstić information content (AvgIpc) is 3.09. The molecule has 4 aromatic rings. The number of carbonyl (C=O) groups excluding carboxylic acids is 1. The smallest absolute Gasteiger partial charge is 0.283 e. The average molecular weight is 392 g/mol. The molecule has 0 unspecified atom stereocenters. The minimum absolute atomic E-state index is 0.324. The molecule has 0 aliphatic heterocycles. The molecule has 0 saturated carbocycles. The maximum absolute atomic E-state index is 13.1. The highest BCUT2D eigenvalue weighted by Crippen LogP contribution is 2.28. The topological polar surface area (TPSA) is 52.8 Å². The van der Waals surface area contributed by atoms with Gasteiger partial charge in [-0.15, -0.1) is 0 Å². The predicted octanol–water partition coefficient (Wildman–Crippen LogP) is 4.63. The zero-order valence-electron chi connectivity index (χ0n) is 15.9. The Morgan fingerprint density at radius 3 is 2.39 bits per heavy atom. The Balaban J connectivity index is 1.90. The van der Waals surface area contributed by atoms with E-state index in [4.69, 9.17) is 9.47 Å². The van der Waals surface area contributed by atoms with Crippen LogP contribution in [0.15, 0.2) is 59.6 Å². The molecular formula is C22H20N2O3S. The minimum Gasteiger partial charge on any atom is -0.496 e. The zero-order chi connectivity index (χ0) is 19.7. The van der Waals surface area contributed by atoms with E-state index >= 15 is 0 Å². The molecule has 0 aliphatic carbocycles. The van der Waals surface area contributed by atoms with Crippen molar-refractivity contribution in [1.82, 2.24) is 4.57 Å². The molecule has 0 saturated heterocycles. The molecule has 0 radical (unpaired) electrons. The lowest BCUT2D eigenvalue weighted by Crippen LogP contribution is -2.16. The molecule has 3 aromatic carbocycles. The normalized spacial score (nSPS) is 11.9. The molecule has 0 atom stereocenters. The minimum atomic E-state index is -0.324. The SMILES string of the molecule is CCn1c(=NC(=O)c2cc3ccccc3cc2OC)sc2cccc(OC)c21. The molecule has 1 aromatic heterocycles. The first-order valence-corrected chi connectivity index (χ1v) is 9.80. The van der Waals surface area contributed by atoms with Crippen LogP contribution in [-0.2, 0) is 6.54 Å². The fourth-order valence-electron chi connectivity index (χ4n) is 3.34. The Bertz CT molecular complexity index is 1250. The van der Waals surface area contributed by atoms with Gasteiger partial charge in [0.2, 0.25) is 0 Å². The molecule has 0 aliphatic rings. The van der Waals surface area contributed by atoms with E-state index in [1.807, 2.05) is 66.1 Å². The van der Waals surface area contributed by atoms with E-state index in [0.717, 1.165) is 26.7 Å². The van der Waals surface area contributed by atoms with Crippen LogP contribution in [0.3, 0.4) is 0 Å². The third-order valence-electron chi connectivity index (χ3n) is 4.70. The molecule has 1 heterocycles. The fraction of sp³-hybridized carbons (Fsp3) is 0.182. The molecule has 0 N–H and O–H groups in total. The van der Waals surface area contributed by atoms with Gasteiger partial charge in [-0.1, -0.05) is 41.7 Å². The van der Waals surface area contributed by atoms with E-state index in [1.165, 1.54) is 11.3 Å². The Morgan fingerprint density at radius 2 is 1.71 bits per heavy atom. The van der Waals surface area contributed by atoms with Gasteiger partial charge in [0.15, 0.2) is 4.80 Å². The van der Waals surface area contributed by atoms with Crippen molar-refractivity contribution in [2.75, 3.05) is 14.2 Å². The lowest BCUT2D eigenvalue weighted by molar-refractivity contribution is 0.0995. The van der Waals surface area contributed by atoms with Crippen molar-refractivity contribution in [3.8, 4) is 11.5 Å². The van der Waals surface area contributed by atoms with E-state index in [9.17, 15) is 4.79 Å². The van der Waals surface area contributed by atoms with Gasteiger partial charge >= 0.3 is 0 Å². The van der Waals surface area contributed by atoms with E-state index in [-0.39, 0.29) is 5.91 Å². The number of ether oxygens (including phenoxy) is 2. The molecule has 5 nitrogen and oxygen atoms in total. The van der Waals surface area contributed by atoms with Gasteiger partial charge < -0.3 is 14.0 Å². The quantitative estimate of drug-likeness (QED) is 0.509. The Hall–Kier alpha value is -3.12. The summed E-state index contributed by atoms with van der Waals surface area (Å²) in [6.07, 6.45) is 0. The van der Waals surface area contributed by atoms with Gasteiger partial charge in [0.05, 0.1) is 24.5 Å². The number of hydrogen-bond acceptors (Lipinski definition) is 4. The second-order valence-electron chi connectivity index (χ2n) is 6.25. The summed E-state index contributed by atoms with van der Waals surface area (Å²) in [6, 6.07) is 17.5. The lowest BCUT2D eigenvalue weighted by Gasteiger charge is -2.08. The summed E-state index contributed by atoms with van der Waals surface area (Å²) in [5.74, 6) is 0.970. The van der Waals surface area contributed by atoms with Crippen LogP contribution < -0.4 is 14.3 Å². The molecule has 0 bridgehead atoms. The summed E-state index contributed by atoms with van der Waals surface area (Å²) in [7, 11) is 3.21. The zero-order valence-corrected chi connectivity index (χ0v) is 16.7. The van der Waals surface area contributed by atoms with Crippen LogP contribution in [0.25, 0.3) is 21.0 Å². The lowest BCUT2D eigenvalue weighted by atomic mass is 10.1. The van der Waals surface area contributed by atoms with Crippen LogP contribution in [0.5, 0.6) is 11.5 Å². The largest absolute Gasteiger partial charge is 0.496 e. The van der Waals surface area contributed by atoms with E-state index in [0.29, 0.717) is 22.7 Å². The van der Waals surface area contributed by atoms with Crippen molar-refractivity contribution in [2.45, 2.75) is 13.5 Å². The van der Waals surface area contributed by atoms with Crippen molar-refractivity contribution < 1.29 is 14.3 Å². The third-order valence-corrected chi connectivity index (χ3v) is 5.74. The summed E-state index contributed by atoms with van der Waals surface area (Å²) in [4.78, 5) is 18.1. The van der Waals surface area contributed by atoms with E-state index < -0.39 is 0 Å². The van der Waals surface area contributed by atoms with Gasteiger partial charge in [-0.3, -0.25) is 4.79 Å². The molecule has 142 valence electrons. The van der Waals surface area contributed by atoms with Crippen molar-refractivity contribution >= 4 is 38.2 Å². The number of amides is 1. The van der Waals surface area contributed by atoms with Gasteiger partial charge in [0.25, 0.3) is 5.91 Å². The monoisotopic (exact) mass is 392 g/mol. The maximum atomic E-state index is 13.1. The summed E-state index contributed by atoms with van der Waals surface area (Å²) in [5.41, 5.74) is 1.41. The number of carbonyl (C=O) groups is 1. The number of aromatic nitrogens is 1. The molecule has 6 heteroatoms. The molecule has 0 fully saturated rings. The number of nitrogens with zero attached hydrogens (tertiary/aromatic N) is 2. The van der Waals surface area contributed by atoms with Gasteiger partial charge in [0.1, 0.15) is 17.0 Å². The summed E-state index contributed by atoms with van der Waals surface area (Å²) in [6.45, 7) is 2.71. The van der Waals surface area contributed by atoms with Gasteiger partial charge in [-0.2, -0.15) is 4.99 Å². The van der Waals surface area contributed by atoms with Crippen LogP contribution in [-0.4, -0.2) is 24.7 Å². The molecule has 1 amide bonds. The van der Waals surface area contributed by atoms with E-state index in [1.54, 1.807) is 14.2 Å². The van der Waals surface area contributed by atoms with Crippen LogP contribution in [0.1, 0.15) is 17.3 Å². The number of hydrogen-bond donors (Lipinski definition) is 0. The highest BCUT2D eigenvalue weighted by atomic mass is 32.1. The second-order valence-corrected chi connectivity index (χ2v) is 7.26. The Morgan fingerprint density at radius 1 is 1.00 bits per heavy atom. The van der Waals surface area contributed by atoms with Crippen LogP contribution >= 0.6 is 11.3 Å². The Labute approximate surface area is 166 Å². The second kappa shape index (κ2) is 7.48. The van der Waals surface area contributed by atoms with Crippen LogP contribution in [0.4, 0.5) is 0 Å². The standard InChI is InChI=1S/C22H20N2O3S/c1-4-24-20-17(26-2)10-7-11-19(20)28-22(24)23-21(25)16-12-14-8-5-6-9-15(14)13-18(16)27-3/h5-13H,4H2,1-3H3. The number of rotatable bonds is 4. The van der Waals surface area contributed by atoms with Crippen LogP contribution in [0.2, 0.25) is 0 Å². The number of fused-ring (bicyclic) bond motifs is 2. The predicted molar refractivity (Wildman–Crippen MR) is 112 cm³/mol. The van der Waals surface area contributed by atoms with Gasteiger partial charge in [0, 0.05) is 6.54 Å². The third kappa shape index (κ3) is 3.05. The first-order chi connectivity index (χ1) is 13.7. The molecular weight excluding hydrogens is 372 g/mol. The first kappa shape index (κ1) is 18.3. The number of aryl methyl sites for hydroxylation is 1. The van der Waals surface area contributed by atoms with E-state index in [2.05, 4.69) is 4.99 Å². The van der Waals surface area contributed by atoms with Crippen molar-refractivity contribution in [3.05, 3.63) is 65.0 Å². The van der Waals surface area contributed by atoms with Crippen molar-refractivity contribution in [3.63, 3.8) is 0 Å². The Kier molecular flexibility index (Phi) is 4.88. The number of thiazole rings is 1. The molecule has 4 rings (SSSR count). The van der Waals surface area contributed by atoms with Crippen molar-refractivity contribution in [2.24, 2.45) is 4.99 Å². The first-order valence-electron chi connectivity index (χ1n) is 8.98. The van der Waals surface area contributed by atoms with Crippen LogP contribution in [0, 0.1) is 0 Å². The number of para-hydroxylation sites is 1. The number of methoxy groups -OCH3 is 2. The van der Waals surface area contributed by atoms with Gasteiger partial charge in [-0.05, 0) is 42.0 Å².